The first-order valence-electron chi connectivity index (χ1n) is 11.1. The fourth-order valence-corrected chi connectivity index (χ4v) is 3.90. The van der Waals surface area contributed by atoms with E-state index in [0.717, 1.165) is 62.9 Å². The van der Waals surface area contributed by atoms with Crippen LogP contribution in [-0.4, -0.2) is 46.3 Å². The number of guanidine groups is 1. The number of aliphatic imine (C=N–C) groups is 1. The fourth-order valence-electron chi connectivity index (χ4n) is 3.90. The highest BCUT2D eigenvalue weighted by Crippen LogP contribution is 2.14. The molecule has 3 aromatic rings. The van der Waals surface area contributed by atoms with E-state index in [4.69, 9.17) is 9.41 Å². The zero-order valence-electron chi connectivity index (χ0n) is 18.6. The zero-order valence-corrected chi connectivity index (χ0v) is 20.9. The molecule has 172 valence electrons. The molecule has 3 heterocycles. The van der Waals surface area contributed by atoms with Crippen molar-refractivity contribution in [2.24, 2.45) is 12.0 Å². The molecule has 1 aliphatic heterocycles. The van der Waals surface area contributed by atoms with Gasteiger partial charge < -0.3 is 15.1 Å². The van der Waals surface area contributed by atoms with Crippen molar-refractivity contribution in [3.8, 4) is 0 Å². The number of aryl methyl sites for hydroxylation is 1. The molecule has 0 amide bonds. The van der Waals surface area contributed by atoms with E-state index in [0.29, 0.717) is 12.6 Å². The third-order valence-corrected chi connectivity index (χ3v) is 5.74. The van der Waals surface area contributed by atoms with Gasteiger partial charge in [-0.15, -0.1) is 24.0 Å². The summed E-state index contributed by atoms with van der Waals surface area (Å²) < 4.78 is 7.31. The average molecular weight is 548 g/mol. The minimum Gasteiger partial charge on any atom is -0.469 e. The maximum Gasteiger partial charge on any atom is 0.191 e. The monoisotopic (exact) mass is 548 g/mol. The Balaban J connectivity index is 0.00000289. The second-order valence-corrected chi connectivity index (χ2v) is 8.05. The lowest BCUT2D eigenvalue weighted by atomic mass is 10.0. The van der Waals surface area contributed by atoms with Crippen molar-refractivity contribution in [3.05, 3.63) is 78.0 Å². The summed E-state index contributed by atoms with van der Waals surface area (Å²) in [5.41, 5.74) is 2.47. The lowest BCUT2D eigenvalue weighted by molar-refractivity contribution is 0.198. The summed E-state index contributed by atoms with van der Waals surface area (Å²) in [4.78, 5) is 7.35. The molecule has 32 heavy (non-hydrogen) atoms. The van der Waals surface area contributed by atoms with Crippen LogP contribution in [0.3, 0.4) is 0 Å². The summed E-state index contributed by atoms with van der Waals surface area (Å²) in [7, 11) is 1.95. The molecule has 1 saturated heterocycles. The Hall–Kier alpha value is -2.33. The third kappa shape index (κ3) is 7.37. The molecule has 0 bridgehead atoms. The van der Waals surface area contributed by atoms with Crippen LogP contribution in [0.15, 0.2) is 70.4 Å². The number of nitrogens with one attached hydrogen (secondary N) is 2. The van der Waals surface area contributed by atoms with E-state index in [1.165, 1.54) is 5.56 Å². The molecule has 7 nitrogen and oxygen atoms in total. The molecule has 0 radical (unpaired) electrons. The predicted molar refractivity (Wildman–Crippen MR) is 138 cm³/mol. The summed E-state index contributed by atoms with van der Waals surface area (Å²) in [6, 6.07) is 17.1. The first-order valence-corrected chi connectivity index (χ1v) is 11.1. The number of furan rings is 1. The SMILES string of the molecule is Cn1nccc1CN=C(NCCc1ccco1)NC1CCN(Cc2ccccc2)CC1.I. The lowest BCUT2D eigenvalue weighted by Crippen LogP contribution is -2.48. The van der Waals surface area contributed by atoms with Gasteiger partial charge in [-0.25, -0.2) is 4.99 Å². The maximum atomic E-state index is 5.44. The number of aromatic nitrogens is 2. The van der Waals surface area contributed by atoms with Gasteiger partial charge in [0.15, 0.2) is 5.96 Å². The molecular weight excluding hydrogens is 515 g/mol. The van der Waals surface area contributed by atoms with Crippen LogP contribution in [0.5, 0.6) is 0 Å². The van der Waals surface area contributed by atoms with E-state index in [9.17, 15) is 0 Å². The molecule has 0 aliphatic carbocycles. The van der Waals surface area contributed by atoms with Gasteiger partial charge in [0.1, 0.15) is 5.76 Å². The molecule has 2 aromatic heterocycles. The molecule has 0 spiro atoms. The quantitative estimate of drug-likeness (QED) is 0.256. The van der Waals surface area contributed by atoms with E-state index in [-0.39, 0.29) is 24.0 Å². The Morgan fingerprint density at radius 2 is 1.94 bits per heavy atom. The van der Waals surface area contributed by atoms with Gasteiger partial charge in [0.25, 0.3) is 0 Å². The standard InChI is InChI=1S/C24H32N6O.HI/c1-29-22(9-14-27-29)18-26-24(25-13-10-23-8-5-17-31-23)28-21-11-15-30(16-12-21)19-20-6-3-2-4-7-20;/h2-9,14,17,21H,10-13,15-16,18-19H2,1H3,(H2,25,26,28);1H. The van der Waals surface area contributed by atoms with Crippen molar-refractivity contribution in [2.75, 3.05) is 19.6 Å². The molecule has 0 atom stereocenters. The number of piperidine rings is 1. The predicted octanol–water partition coefficient (Wildman–Crippen LogP) is 3.57. The number of likely N-dealkylation sites (tertiary alicyclic amines) is 1. The Bertz CT molecular complexity index is 933. The summed E-state index contributed by atoms with van der Waals surface area (Å²) in [6.07, 6.45) is 6.57. The highest BCUT2D eigenvalue weighted by atomic mass is 127. The second-order valence-electron chi connectivity index (χ2n) is 8.05. The van der Waals surface area contributed by atoms with Gasteiger partial charge in [-0.2, -0.15) is 5.10 Å². The van der Waals surface area contributed by atoms with Crippen molar-refractivity contribution in [3.63, 3.8) is 0 Å². The molecule has 2 N–H and O–H groups in total. The summed E-state index contributed by atoms with van der Waals surface area (Å²) in [5.74, 6) is 1.84. The van der Waals surface area contributed by atoms with Gasteiger partial charge in [-0.05, 0) is 36.6 Å². The van der Waals surface area contributed by atoms with E-state index < -0.39 is 0 Å². The van der Waals surface area contributed by atoms with Gasteiger partial charge in [0, 0.05) is 51.9 Å². The van der Waals surface area contributed by atoms with Crippen LogP contribution in [0.2, 0.25) is 0 Å². The number of nitrogens with zero attached hydrogens (tertiary/aromatic N) is 4. The summed E-state index contributed by atoms with van der Waals surface area (Å²) >= 11 is 0. The van der Waals surface area contributed by atoms with Crippen LogP contribution >= 0.6 is 24.0 Å². The topological polar surface area (TPSA) is 70.6 Å². The first-order chi connectivity index (χ1) is 15.3. The van der Waals surface area contributed by atoms with Crippen LogP contribution in [0.1, 0.15) is 29.9 Å². The van der Waals surface area contributed by atoms with E-state index in [1.54, 1.807) is 6.26 Å². The van der Waals surface area contributed by atoms with Crippen LogP contribution < -0.4 is 10.6 Å². The lowest BCUT2D eigenvalue weighted by Gasteiger charge is -2.33. The van der Waals surface area contributed by atoms with E-state index in [2.05, 4.69) is 51.0 Å². The van der Waals surface area contributed by atoms with E-state index >= 15 is 0 Å². The largest absolute Gasteiger partial charge is 0.469 e. The van der Waals surface area contributed by atoms with E-state index in [1.807, 2.05) is 36.1 Å². The maximum absolute atomic E-state index is 5.44. The average Bonchev–Trinajstić information content (AvgIpc) is 3.46. The van der Waals surface area contributed by atoms with Crippen LogP contribution in [0.4, 0.5) is 0 Å². The Kier molecular flexibility index (Phi) is 9.61. The molecule has 0 saturated carbocycles. The van der Waals surface area contributed by atoms with Gasteiger partial charge in [-0.3, -0.25) is 9.58 Å². The summed E-state index contributed by atoms with van der Waals surface area (Å²) in [6.45, 7) is 4.58. The summed E-state index contributed by atoms with van der Waals surface area (Å²) in [5, 5.41) is 11.4. The Morgan fingerprint density at radius 3 is 2.62 bits per heavy atom. The first kappa shape index (κ1) is 24.3. The highest BCUT2D eigenvalue weighted by molar-refractivity contribution is 14.0. The molecule has 4 rings (SSSR count). The van der Waals surface area contributed by atoms with Crippen LogP contribution in [0, 0.1) is 0 Å². The minimum absolute atomic E-state index is 0. The molecular formula is C24H33IN6O. The minimum atomic E-state index is 0. The van der Waals surface area contributed by atoms with Gasteiger partial charge in [-0.1, -0.05) is 30.3 Å². The normalized spacial score (nSPS) is 15.3. The zero-order chi connectivity index (χ0) is 21.3. The van der Waals surface area contributed by atoms with Crippen molar-refractivity contribution >= 4 is 29.9 Å². The van der Waals surface area contributed by atoms with Gasteiger partial charge in [0.05, 0.1) is 18.5 Å². The van der Waals surface area contributed by atoms with Crippen molar-refractivity contribution in [1.82, 2.24) is 25.3 Å². The number of halogens is 1. The third-order valence-electron chi connectivity index (χ3n) is 5.74. The molecule has 8 heteroatoms. The van der Waals surface area contributed by atoms with Gasteiger partial charge in [0.2, 0.25) is 0 Å². The van der Waals surface area contributed by atoms with Crippen LogP contribution in [0.25, 0.3) is 0 Å². The molecule has 1 aliphatic rings. The van der Waals surface area contributed by atoms with Crippen molar-refractivity contribution in [2.45, 2.75) is 38.4 Å². The fraction of sp³-hybridized carbons (Fsp3) is 0.417. The van der Waals surface area contributed by atoms with Gasteiger partial charge >= 0.3 is 0 Å². The number of benzene rings is 1. The second kappa shape index (κ2) is 12.6. The van der Waals surface area contributed by atoms with Crippen LogP contribution in [-0.2, 0) is 26.6 Å². The Labute approximate surface area is 207 Å². The molecule has 1 aromatic carbocycles. The molecule has 1 fully saturated rings. The number of rotatable bonds is 8. The van der Waals surface area contributed by atoms with Crippen molar-refractivity contribution < 1.29 is 4.42 Å². The highest BCUT2D eigenvalue weighted by Gasteiger charge is 2.20. The number of hydrogen-bond acceptors (Lipinski definition) is 4. The number of hydrogen-bond donors (Lipinski definition) is 2. The molecule has 0 unspecified atom stereocenters. The smallest absolute Gasteiger partial charge is 0.191 e. The Morgan fingerprint density at radius 1 is 1.12 bits per heavy atom. The van der Waals surface area contributed by atoms with Crippen molar-refractivity contribution in [1.29, 1.82) is 0 Å².